The van der Waals surface area contributed by atoms with Gasteiger partial charge in [0.05, 0.1) is 0 Å². The summed E-state index contributed by atoms with van der Waals surface area (Å²) in [5.41, 5.74) is 5.03. The molecular weight excluding hydrogens is 170 g/mol. The van der Waals surface area contributed by atoms with Crippen LogP contribution in [0, 0.1) is 0 Å². The van der Waals surface area contributed by atoms with Gasteiger partial charge in [-0.2, -0.15) is 0 Å². The number of hydrogen-bond donors (Lipinski definition) is 2. The molecule has 11 heavy (non-hydrogen) atoms. The SMILES string of the molecule is CC(CN)(C(=O)O)S(C)(=O)=O. The Morgan fingerprint density at radius 1 is 1.64 bits per heavy atom. The first-order chi connectivity index (χ1) is 4.75. The highest BCUT2D eigenvalue weighted by atomic mass is 32.2. The molecule has 0 radical (unpaired) electrons. The quantitative estimate of drug-likeness (QED) is 0.572. The Morgan fingerprint density at radius 2 is 2.00 bits per heavy atom. The molecule has 0 spiro atoms. The topological polar surface area (TPSA) is 97.5 Å². The molecule has 0 aliphatic rings. The Morgan fingerprint density at radius 3 is 2.00 bits per heavy atom. The van der Waals surface area contributed by atoms with Gasteiger partial charge in [0.25, 0.3) is 0 Å². The molecule has 0 saturated carbocycles. The predicted octanol–water partition coefficient (Wildman–Crippen LogP) is -1.17. The van der Waals surface area contributed by atoms with Crippen molar-refractivity contribution < 1.29 is 18.3 Å². The first-order valence-electron chi connectivity index (χ1n) is 2.89. The van der Waals surface area contributed by atoms with Gasteiger partial charge in [0.1, 0.15) is 0 Å². The standard InChI is InChI=1S/C5H11NO4S/c1-5(3-6,4(7)8)11(2,9)10/h3,6H2,1-2H3,(H,7,8). The number of carbonyl (C=O) groups is 1. The van der Waals surface area contributed by atoms with Crippen LogP contribution < -0.4 is 5.73 Å². The van der Waals surface area contributed by atoms with E-state index >= 15 is 0 Å². The fraction of sp³-hybridized carbons (Fsp3) is 0.800. The summed E-state index contributed by atoms with van der Waals surface area (Å²) >= 11 is 0. The first kappa shape index (κ1) is 10.4. The van der Waals surface area contributed by atoms with Gasteiger partial charge in [-0.1, -0.05) is 0 Å². The minimum atomic E-state index is -3.64. The summed E-state index contributed by atoms with van der Waals surface area (Å²) in [5, 5.41) is 8.51. The summed E-state index contributed by atoms with van der Waals surface area (Å²) in [6, 6.07) is 0. The Labute approximate surface area is 65.1 Å². The van der Waals surface area contributed by atoms with Crippen molar-refractivity contribution in [3.63, 3.8) is 0 Å². The van der Waals surface area contributed by atoms with Crippen LogP contribution in [0.4, 0.5) is 0 Å². The van der Waals surface area contributed by atoms with E-state index in [-0.39, 0.29) is 0 Å². The zero-order chi connectivity index (χ0) is 9.28. The molecule has 3 N–H and O–H groups in total. The van der Waals surface area contributed by atoms with E-state index in [2.05, 4.69) is 0 Å². The summed E-state index contributed by atoms with van der Waals surface area (Å²) in [5.74, 6) is -1.41. The molecule has 0 amide bonds. The lowest BCUT2D eigenvalue weighted by molar-refractivity contribution is -0.139. The number of carboxylic acids is 1. The molecular formula is C5H11NO4S. The van der Waals surface area contributed by atoms with Gasteiger partial charge in [0.2, 0.25) is 0 Å². The van der Waals surface area contributed by atoms with Crippen LogP contribution in [0.15, 0.2) is 0 Å². The molecule has 0 aliphatic carbocycles. The Hall–Kier alpha value is -0.620. The van der Waals surface area contributed by atoms with Crippen molar-refractivity contribution in [3.8, 4) is 0 Å². The first-order valence-corrected chi connectivity index (χ1v) is 4.78. The molecule has 0 aromatic carbocycles. The van der Waals surface area contributed by atoms with Crippen LogP contribution >= 0.6 is 0 Å². The van der Waals surface area contributed by atoms with E-state index in [1.165, 1.54) is 0 Å². The van der Waals surface area contributed by atoms with Crippen molar-refractivity contribution in [1.82, 2.24) is 0 Å². The second-order valence-electron chi connectivity index (χ2n) is 2.51. The number of carboxylic acid groups (broad SMARTS) is 1. The third-order valence-electron chi connectivity index (χ3n) is 1.66. The van der Waals surface area contributed by atoms with Crippen LogP contribution in [0.5, 0.6) is 0 Å². The third-order valence-corrected chi connectivity index (χ3v) is 3.64. The van der Waals surface area contributed by atoms with Crippen LogP contribution in [0.3, 0.4) is 0 Å². The van der Waals surface area contributed by atoms with E-state index in [9.17, 15) is 13.2 Å². The molecule has 0 saturated heterocycles. The van der Waals surface area contributed by atoms with Crippen molar-refractivity contribution in [2.45, 2.75) is 11.7 Å². The number of aliphatic carboxylic acids is 1. The zero-order valence-corrected chi connectivity index (χ0v) is 7.18. The lowest BCUT2D eigenvalue weighted by Crippen LogP contribution is -2.49. The van der Waals surface area contributed by atoms with Crippen molar-refractivity contribution in [2.75, 3.05) is 12.8 Å². The second-order valence-corrected chi connectivity index (χ2v) is 4.96. The van der Waals surface area contributed by atoms with Gasteiger partial charge in [-0.3, -0.25) is 4.79 Å². The predicted molar refractivity (Wildman–Crippen MR) is 39.9 cm³/mol. The smallest absolute Gasteiger partial charge is 0.326 e. The molecule has 0 fully saturated rings. The maximum Gasteiger partial charge on any atom is 0.326 e. The minimum absolute atomic E-state index is 0.416. The van der Waals surface area contributed by atoms with Gasteiger partial charge in [0, 0.05) is 12.8 Å². The molecule has 5 nitrogen and oxygen atoms in total. The van der Waals surface area contributed by atoms with Gasteiger partial charge in [-0.25, -0.2) is 8.42 Å². The lowest BCUT2D eigenvalue weighted by Gasteiger charge is -2.19. The lowest BCUT2D eigenvalue weighted by atomic mass is 10.2. The number of sulfone groups is 1. The van der Waals surface area contributed by atoms with E-state index in [0.717, 1.165) is 13.2 Å². The highest BCUT2D eigenvalue weighted by Gasteiger charge is 2.42. The van der Waals surface area contributed by atoms with Crippen LogP contribution in [0.25, 0.3) is 0 Å². The molecule has 0 rings (SSSR count). The van der Waals surface area contributed by atoms with E-state index in [4.69, 9.17) is 10.8 Å². The maximum atomic E-state index is 10.9. The average molecular weight is 181 g/mol. The van der Waals surface area contributed by atoms with E-state index in [1.54, 1.807) is 0 Å². The van der Waals surface area contributed by atoms with E-state index < -0.39 is 27.1 Å². The molecule has 0 heterocycles. The number of rotatable bonds is 3. The molecule has 1 atom stereocenters. The monoisotopic (exact) mass is 181 g/mol. The minimum Gasteiger partial charge on any atom is -0.480 e. The Bertz CT molecular complexity index is 258. The molecule has 0 aliphatic heterocycles. The molecule has 66 valence electrons. The van der Waals surface area contributed by atoms with E-state index in [1.807, 2.05) is 0 Å². The molecule has 0 aromatic heterocycles. The summed E-state index contributed by atoms with van der Waals surface area (Å²) in [6.07, 6.45) is 0.855. The van der Waals surface area contributed by atoms with Crippen LogP contribution in [0.2, 0.25) is 0 Å². The second kappa shape index (κ2) is 2.78. The van der Waals surface area contributed by atoms with Crippen LogP contribution in [-0.2, 0) is 14.6 Å². The van der Waals surface area contributed by atoms with Crippen molar-refractivity contribution in [1.29, 1.82) is 0 Å². The van der Waals surface area contributed by atoms with Crippen molar-refractivity contribution >= 4 is 15.8 Å². The fourth-order valence-corrected chi connectivity index (χ4v) is 1.02. The van der Waals surface area contributed by atoms with Crippen LogP contribution in [0.1, 0.15) is 6.92 Å². The van der Waals surface area contributed by atoms with Gasteiger partial charge in [-0.05, 0) is 6.92 Å². The number of nitrogens with two attached hydrogens (primary N) is 1. The van der Waals surface area contributed by atoms with E-state index in [0.29, 0.717) is 0 Å². The van der Waals surface area contributed by atoms with Gasteiger partial charge in [0.15, 0.2) is 14.6 Å². The van der Waals surface area contributed by atoms with Gasteiger partial charge in [-0.15, -0.1) is 0 Å². The Kier molecular flexibility index (Phi) is 2.63. The molecule has 0 bridgehead atoms. The maximum absolute atomic E-state index is 10.9. The highest BCUT2D eigenvalue weighted by Crippen LogP contribution is 2.13. The Balaban J connectivity index is 5.09. The van der Waals surface area contributed by atoms with Crippen LogP contribution in [-0.4, -0.2) is 37.0 Å². The van der Waals surface area contributed by atoms with Gasteiger partial charge < -0.3 is 10.8 Å². The summed E-state index contributed by atoms with van der Waals surface area (Å²) in [7, 11) is -3.64. The summed E-state index contributed by atoms with van der Waals surface area (Å²) < 4.78 is 19.9. The summed E-state index contributed by atoms with van der Waals surface area (Å²) in [4.78, 5) is 10.4. The van der Waals surface area contributed by atoms with Crippen molar-refractivity contribution in [2.24, 2.45) is 5.73 Å². The third kappa shape index (κ3) is 1.69. The normalized spacial score (nSPS) is 17.4. The van der Waals surface area contributed by atoms with Gasteiger partial charge >= 0.3 is 5.97 Å². The zero-order valence-electron chi connectivity index (χ0n) is 6.36. The largest absolute Gasteiger partial charge is 0.480 e. The fourth-order valence-electron chi connectivity index (χ4n) is 0.397. The molecule has 6 heteroatoms. The molecule has 0 aromatic rings. The molecule has 1 unspecified atom stereocenters. The van der Waals surface area contributed by atoms with Crippen molar-refractivity contribution in [3.05, 3.63) is 0 Å². The average Bonchev–Trinajstić information content (AvgIpc) is 1.83. The summed E-state index contributed by atoms with van der Waals surface area (Å²) in [6.45, 7) is 0.672. The number of hydrogen-bond acceptors (Lipinski definition) is 4. The highest BCUT2D eigenvalue weighted by molar-refractivity contribution is 7.92.